The third-order valence-electron chi connectivity index (χ3n) is 4.26. The number of amides is 2. The molecule has 0 fully saturated rings. The second-order valence-corrected chi connectivity index (χ2v) is 6.06. The van der Waals surface area contributed by atoms with Crippen LogP contribution in [-0.4, -0.2) is 56.1 Å². The number of rotatable bonds is 8. The highest BCUT2D eigenvalue weighted by Crippen LogP contribution is 2.32. The van der Waals surface area contributed by atoms with Gasteiger partial charge in [0.25, 0.3) is 0 Å². The van der Waals surface area contributed by atoms with Gasteiger partial charge in [-0.1, -0.05) is 0 Å². The predicted octanol–water partition coefficient (Wildman–Crippen LogP) is 2.15. The minimum atomic E-state index is -0.241. The molecule has 7 heteroatoms. The summed E-state index contributed by atoms with van der Waals surface area (Å²) in [4.78, 5) is 31.8. The van der Waals surface area contributed by atoms with Crippen LogP contribution in [0.5, 0.6) is 11.5 Å². The number of benzene rings is 1. The summed E-state index contributed by atoms with van der Waals surface area (Å²) in [5.41, 5.74) is 1.63. The maximum atomic E-state index is 12.6. The lowest BCUT2D eigenvalue weighted by Gasteiger charge is -2.26. The Hall–Kier alpha value is -3.09. The van der Waals surface area contributed by atoms with Gasteiger partial charge in [0.1, 0.15) is 18.0 Å². The summed E-state index contributed by atoms with van der Waals surface area (Å²) in [6.45, 7) is 1.91. The molecule has 0 atom stereocenters. The van der Waals surface area contributed by atoms with Crippen molar-refractivity contribution in [3.05, 3.63) is 48.3 Å². The van der Waals surface area contributed by atoms with Crippen LogP contribution in [0.15, 0.2) is 42.7 Å². The largest absolute Gasteiger partial charge is 0.497 e. The summed E-state index contributed by atoms with van der Waals surface area (Å²) in [7, 11) is 4.80. The fourth-order valence-corrected chi connectivity index (χ4v) is 2.60. The minimum absolute atomic E-state index is 0.0646. The monoisotopic (exact) mass is 371 g/mol. The van der Waals surface area contributed by atoms with Crippen molar-refractivity contribution < 1.29 is 19.1 Å². The maximum Gasteiger partial charge on any atom is 0.242 e. The SMILES string of the molecule is COc1ccc(N(CC(=O)N(C)CCc2ccncc2)C(C)=O)c(OC)c1. The molecule has 0 unspecified atom stereocenters. The van der Waals surface area contributed by atoms with Crippen LogP contribution in [-0.2, 0) is 16.0 Å². The van der Waals surface area contributed by atoms with Crippen molar-refractivity contribution in [1.29, 1.82) is 0 Å². The Balaban J connectivity index is 2.09. The molecule has 0 radical (unpaired) electrons. The average Bonchev–Trinajstić information content (AvgIpc) is 2.70. The number of aromatic nitrogens is 1. The second-order valence-electron chi connectivity index (χ2n) is 6.06. The fraction of sp³-hybridized carbons (Fsp3) is 0.350. The summed E-state index contributed by atoms with van der Waals surface area (Å²) in [6, 6.07) is 8.96. The third-order valence-corrected chi connectivity index (χ3v) is 4.26. The molecule has 0 aliphatic heterocycles. The molecular weight excluding hydrogens is 346 g/mol. The first kappa shape index (κ1) is 20.2. The molecule has 0 spiro atoms. The molecule has 1 aromatic carbocycles. The number of hydrogen-bond donors (Lipinski definition) is 0. The molecule has 0 saturated carbocycles. The number of nitrogens with zero attached hydrogens (tertiary/aromatic N) is 3. The summed E-state index contributed by atoms with van der Waals surface area (Å²) < 4.78 is 10.5. The number of hydrogen-bond acceptors (Lipinski definition) is 5. The average molecular weight is 371 g/mol. The predicted molar refractivity (Wildman–Crippen MR) is 103 cm³/mol. The number of carbonyl (C=O) groups is 2. The van der Waals surface area contributed by atoms with Gasteiger partial charge in [0.15, 0.2) is 0 Å². The summed E-state index contributed by atoms with van der Waals surface area (Å²) in [5.74, 6) is 0.683. The Labute approximate surface area is 159 Å². The highest BCUT2D eigenvalue weighted by Gasteiger charge is 2.21. The van der Waals surface area contributed by atoms with E-state index in [1.54, 1.807) is 49.7 Å². The second kappa shape index (κ2) is 9.56. The van der Waals surface area contributed by atoms with E-state index in [0.29, 0.717) is 23.7 Å². The van der Waals surface area contributed by atoms with Crippen LogP contribution in [0.1, 0.15) is 12.5 Å². The van der Waals surface area contributed by atoms with E-state index in [-0.39, 0.29) is 18.4 Å². The number of anilines is 1. The molecule has 0 saturated heterocycles. The smallest absolute Gasteiger partial charge is 0.242 e. The lowest BCUT2D eigenvalue weighted by atomic mass is 10.2. The Morgan fingerprint density at radius 3 is 2.37 bits per heavy atom. The van der Waals surface area contributed by atoms with Crippen LogP contribution < -0.4 is 14.4 Å². The molecule has 7 nitrogen and oxygen atoms in total. The molecule has 2 aromatic rings. The van der Waals surface area contributed by atoms with E-state index >= 15 is 0 Å². The van der Waals surface area contributed by atoms with Crippen molar-refractivity contribution in [2.24, 2.45) is 0 Å². The number of carbonyl (C=O) groups excluding carboxylic acids is 2. The van der Waals surface area contributed by atoms with E-state index in [1.807, 2.05) is 12.1 Å². The van der Waals surface area contributed by atoms with E-state index in [0.717, 1.165) is 12.0 Å². The molecule has 2 rings (SSSR count). The van der Waals surface area contributed by atoms with Crippen LogP contribution in [0.2, 0.25) is 0 Å². The van der Waals surface area contributed by atoms with E-state index in [1.165, 1.54) is 18.9 Å². The Bertz CT molecular complexity index is 780. The fourth-order valence-electron chi connectivity index (χ4n) is 2.60. The van der Waals surface area contributed by atoms with Gasteiger partial charge < -0.3 is 14.4 Å². The lowest BCUT2D eigenvalue weighted by Crippen LogP contribution is -2.41. The van der Waals surface area contributed by atoms with Gasteiger partial charge in [-0.15, -0.1) is 0 Å². The van der Waals surface area contributed by atoms with E-state index in [2.05, 4.69) is 4.98 Å². The molecule has 0 N–H and O–H groups in total. The van der Waals surface area contributed by atoms with E-state index in [4.69, 9.17) is 9.47 Å². The maximum absolute atomic E-state index is 12.6. The van der Waals surface area contributed by atoms with Gasteiger partial charge in [0, 0.05) is 39.0 Å². The quantitative estimate of drug-likeness (QED) is 0.711. The standard InChI is InChI=1S/C20H25N3O4/c1-15(24)23(18-6-5-17(26-3)13-19(18)27-4)14-20(25)22(2)12-9-16-7-10-21-11-8-16/h5-8,10-11,13H,9,12,14H2,1-4H3. The molecule has 27 heavy (non-hydrogen) atoms. The highest BCUT2D eigenvalue weighted by molar-refractivity contribution is 5.98. The first-order valence-electron chi connectivity index (χ1n) is 8.59. The summed E-state index contributed by atoms with van der Waals surface area (Å²) in [5, 5.41) is 0. The van der Waals surface area contributed by atoms with Crippen LogP contribution in [0.4, 0.5) is 5.69 Å². The topological polar surface area (TPSA) is 72.0 Å². The van der Waals surface area contributed by atoms with Crippen LogP contribution in [0.25, 0.3) is 0 Å². The van der Waals surface area contributed by atoms with Gasteiger partial charge in [0.05, 0.1) is 19.9 Å². The van der Waals surface area contributed by atoms with Crippen molar-refractivity contribution >= 4 is 17.5 Å². The van der Waals surface area contributed by atoms with Crippen molar-refractivity contribution in [2.45, 2.75) is 13.3 Å². The van der Waals surface area contributed by atoms with Crippen molar-refractivity contribution in [3.8, 4) is 11.5 Å². The first-order valence-corrected chi connectivity index (χ1v) is 8.59. The number of ether oxygens (including phenoxy) is 2. The number of pyridine rings is 1. The Morgan fingerprint density at radius 1 is 1.07 bits per heavy atom. The normalized spacial score (nSPS) is 10.2. The van der Waals surface area contributed by atoms with Crippen molar-refractivity contribution in [1.82, 2.24) is 9.88 Å². The van der Waals surface area contributed by atoms with Crippen LogP contribution in [0.3, 0.4) is 0 Å². The van der Waals surface area contributed by atoms with Crippen LogP contribution >= 0.6 is 0 Å². The number of likely N-dealkylation sites (N-methyl/N-ethyl adjacent to an activating group) is 1. The minimum Gasteiger partial charge on any atom is -0.497 e. The Morgan fingerprint density at radius 2 is 1.78 bits per heavy atom. The van der Waals surface area contributed by atoms with Gasteiger partial charge in [-0.25, -0.2) is 0 Å². The van der Waals surface area contributed by atoms with E-state index < -0.39 is 0 Å². The van der Waals surface area contributed by atoms with Crippen molar-refractivity contribution in [2.75, 3.05) is 39.3 Å². The molecule has 1 heterocycles. The van der Waals surface area contributed by atoms with E-state index in [9.17, 15) is 9.59 Å². The summed E-state index contributed by atoms with van der Waals surface area (Å²) >= 11 is 0. The zero-order chi connectivity index (χ0) is 19.8. The summed E-state index contributed by atoms with van der Waals surface area (Å²) in [6.07, 6.45) is 4.17. The van der Waals surface area contributed by atoms with Gasteiger partial charge in [0.2, 0.25) is 11.8 Å². The number of methoxy groups -OCH3 is 2. The van der Waals surface area contributed by atoms with Crippen molar-refractivity contribution in [3.63, 3.8) is 0 Å². The molecule has 0 bridgehead atoms. The zero-order valence-corrected chi connectivity index (χ0v) is 16.1. The third kappa shape index (κ3) is 5.44. The first-order chi connectivity index (χ1) is 13.0. The zero-order valence-electron chi connectivity index (χ0n) is 16.1. The van der Waals surface area contributed by atoms with Crippen LogP contribution in [0, 0.1) is 0 Å². The van der Waals surface area contributed by atoms with Gasteiger partial charge in [-0.05, 0) is 36.2 Å². The molecule has 1 aromatic heterocycles. The molecule has 0 aliphatic carbocycles. The molecule has 144 valence electrons. The molecule has 2 amide bonds. The van der Waals surface area contributed by atoms with Gasteiger partial charge in [-0.2, -0.15) is 0 Å². The Kier molecular flexibility index (Phi) is 7.16. The van der Waals surface area contributed by atoms with Gasteiger partial charge >= 0.3 is 0 Å². The lowest BCUT2D eigenvalue weighted by molar-refractivity contribution is -0.130. The van der Waals surface area contributed by atoms with Gasteiger partial charge in [-0.3, -0.25) is 19.5 Å². The highest BCUT2D eigenvalue weighted by atomic mass is 16.5. The molecule has 0 aliphatic rings. The molecular formula is C20H25N3O4.